The predicted octanol–water partition coefficient (Wildman–Crippen LogP) is 1.55. The molecule has 0 aliphatic carbocycles. The third kappa shape index (κ3) is 3.95. The summed E-state index contributed by atoms with van der Waals surface area (Å²) in [5.41, 5.74) is 3.99. The van der Waals surface area contributed by atoms with E-state index in [1.54, 1.807) is 0 Å². The smallest absolute Gasteiger partial charge is 0.404 e. The lowest BCUT2D eigenvalue weighted by Gasteiger charge is -2.07. The van der Waals surface area contributed by atoms with Crippen LogP contribution in [0.2, 0.25) is 0 Å². The molecule has 1 aromatic carbocycles. The highest BCUT2D eigenvalue weighted by molar-refractivity contribution is 9.10. The van der Waals surface area contributed by atoms with E-state index in [1.165, 1.54) is 0 Å². The largest absolute Gasteiger partial charge is 0.448 e. The van der Waals surface area contributed by atoms with Gasteiger partial charge in [0.25, 0.3) is 5.91 Å². The molecule has 0 fully saturated rings. The van der Waals surface area contributed by atoms with Gasteiger partial charge in [-0.1, -0.05) is 15.9 Å². The van der Waals surface area contributed by atoms with Crippen molar-refractivity contribution in [2.24, 2.45) is 5.73 Å². The van der Waals surface area contributed by atoms with E-state index in [4.69, 9.17) is 0 Å². The number of hydrogen-bond acceptors (Lipinski definition) is 3. The van der Waals surface area contributed by atoms with Gasteiger partial charge in [-0.2, -0.15) is 0 Å². The van der Waals surface area contributed by atoms with Crippen LogP contribution in [0.1, 0.15) is 10.4 Å². The van der Waals surface area contributed by atoms with E-state index < -0.39 is 29.2 Å². The Labute approximate surface area is 109 Å². The second-order valence-electron chi connectivity index (χ2n) is 3.17. The molecule has 0 spiro atoms. The van der Waals surface area contributed by atoms with E-state index in [0.29, 0.717) is 0 Å². The van der Waals surface area contributed by atoms with Gasteiger partial charge in [0.15, 0.2) is 0 Å². The second-order valence-corrected chi connectivity index (χ2v) is 4.08. The minimum Gasteiger partial charge on any atom is -0.448 e. The average Bonchev–Trinajstić information content (AvgIpc) is 2.22. The van der Waals surface area contributed by atoms with Crippen LogP contribution in [0.5, 0.6) is 0 Å². The molecule has 0 bridgehead atoms. The number of benzene rings is 1. The molecule has 8 heteroatoms. The molecule has 0 radical (unpaired) electrons. The molecule has 1 aromatic rings. The number of hydrogen-bond donors (Lipinski definition) is 2. The van der Waals surface area contributed by atoms with Gasteiger partial charge >= 0.3 is 6.09 Å². The fraction of sp³-hybridized carbons (Fsp3) is 0.200. The minimum absolute atomic E-state index is 0.100. The Kier molecular flexibility index (Phi) is 5.02. The highest BCUT2D eigenvalue weighted by Crippen LogP contribution is 2.19. The van der Waals surface area contributed by atoms with Crippen molar-refractivity contribution in [2.45, 2.75) is 0 Å². The van der Waals surface area contributed by atoms with Crippen LogP contribution < -0.4 is 11.1 Å². The summed E-state index contributed by atoms with van der Waals surface area (Å²) in [7, 11) is 0. The summed E-state index contributed by atoms with van der Waals surface area (Å²) in [4.78, 5) is 21.7. The van der Waals surface area contributed by atoms with Crippen molar-refractivity contribution in [1.82, 2.24) is 5.32 Å². The Morgan fingerprint density at radius 3 is 2.39 bits per heavy atom. The van der Waals surface area contributed by atoms with Crippen molar-refractivity contribution < 1.29 is 23.1 Å². The minimum atomic E-state index is -0.995. The third-order valence-electron chi connectivity index (χ3n) is 1.87. The number of carbonyl (C=O) groups is 2. The standard InChI is InChI=1S/C10H9BrF2N2O3/c11-5-3-6(12)8(7(13)4-5)9(16)15-1-2-18-10(14)17/h3-4H,1-2H2,(H2,14,17)(H,15,16). The molecule has 0 aliphatic rings. The number of rotatable bonds is 4. The van der Waals surface area contributed by atoms with Crippen molar-refractivity contribution >= 4 is 27.9 Å². The molecule has 18 heavy (non-hydrogen) atoms. The van der Waals surface area contributed by atoms with Crippen LogP contribution in [0.25, 0.3) is 0 Å². The molecule has 98 valence electrons. The summed E-state index contributed by atoms with van der Waals surface area (Å²) < 4.78 is 31.2. The van der Waals surface area contributed by atoms with Crippen LogP contribution in [0.3, 0.4) is 0 Å². The van der Waals surface area contributed by atoms with Gasteiger partial charge in [0.05, 0.1) is 6.54 Å². The number of amides is 2. The lowest BCUT2D eigenvalue weighted by molar-refractivity contribution is 0.0928. The lowest BCUT2D eigenvalue weighted by Crippen LogP contribution is -2.30. The van der Waals surface area contributed by atoms with E-state index in [-0.39, 0.29) is 17.6 Å². The molecule has 0 atom stereocenters. The van der Waals surface area contributed by atoms with Crippen LogP contribution in [0, 0.1) is 11.6 Å². The van der Waals surface area contributed by atoms with E-state index >= 15 is 0 Å². The van der Waals surface area contributed by atoms with Gasteiger partial charge in [-0.15, -0.1) is 0 Å². The highest BCUT2D eigenvalue weighted by Gasteiger charge is 2.17. The zero-order chi connectivity index (χ0) is 13.7. The molecule has 2 amide bonds. The van der Waals surface area contributed by atoms with Crippen LogP contribution in [0.15, 0.2) is 16.6 Å². The van der Waals surface area contributed by atoms with E-state index in [1.807, 2.05) is 0 Å². The first-order valence-electron chi connectivity index (χ1n) is 4.76. The molecule has 0 aromatic heterocycles. The number of nitrogens with one attached hydrogen (secondary N) is 1. The summed E-state index contributed by atoms with van der Waals surface area (Å²) >= 11 is 2.89. The van der Waals surface area contributed by atoms with E-state index in [9.17, 15) is 18.4 Å². The van der Waals surface area contributed by atoms with E-state index in [2.05, 4.69) is 31.7 Å². The quantitative estimate of drug-likeness (QED) is 0.825. The Balaban J connectivity index is 2.65. The van der Waals surface area contributed by atoms with Crippen molar-refractivity contribution in [3.63, 3.8) is 0 Å². The maximum Gasteiger partial charge on any atom is 0.404 e. The van der Waals surface area contributed by atoms with Gasteiger partial charge < -0.3 is 15.8 Å². The monoisotopic (exact) mass is 322 g/mol. The number of halogens is 3. The third-order valence-corrected chi connectivity index (χ3v) is 2.32. The molecule has 0 heterocycles. The lowest BCUT2D eigenvalue weighted by atomic mass is 10.2. The van der Waals surface area contributed by atoms with Crippen LogP contribution in [-0.2, 0) is 4.74 Å². The molecule has 0 saturated heterocycles. The Morgan fingerprint density at radius 2 is 1.89 bits per heavy atom. The fourth-order valence-corrected chi connectivity index (χ4v) is 1.57. The first-order chi connectivity index (χ1) is 8.41. The Bertz CT molecular complexity index is 459. The normalized spacial score (nSPS) is 9.94. The molecule has 0 aliphatic heterocycles. The summed E-state index contributed by atoms with van der Waals surface area (Å²) in [6.45, 7) is -0.280. The van der Waals surface area contributed by atoms with Gasteiger partial charge in [0.2, 0.25) is 0 Å². The van der Waals surface area contributed by atoms with Gasteiger partial charge in [-0.25, -0.2) is 13.6 Å². The van der Waals surface area contributed by atoms with Gasteiger partial charge in [0, 0.05) is 4.47 Å². The van der Waals surface area contributed by atoms with Gasteiger partial charge in [-0.3, -0.25) is 4.79 Å². The number of nitrogens with two attached hydrogens (primary N) is 1. The zero-order valence-electron chi connectivity index (χ0n) is 9.00. The van der Waals surface area contributed by atoms with Crippen molar-refractivity contribution in [3.05, 3.63) is 33.8 Å². The number of ether oxygens (including phenoxy) is 1. The first-order valence-corrected chi connectivity index (χ1v) is 5.56. The maximum absolute atomic E-state index is 13.4. The molecule has 5 nitrogen and oxygen atoms in total. The molecular formula is C10H9BrF2N2O3. The summed E-state index contributed by atoms with van der Waals surface area (Å²) in [6, 6.07) is 1.94. The van der Waals surface area contributed by atoms with Crippen molar-refractivity contribution in [1.29, 1.82) is 0 Å². The molecular weight excluding hydrogens is 314 g/mol. The fourth-order valence-electron chi connectivity index (χ4n) is 1.16. The zero-order valence-corrected chi connectivity index (χ0v) is 10.6. The number of primary amides is 1. The molecule has 0 unspecified atom stereocenters. The Hall–Kier alpha value is -1.70. The molecule has 3 N–H and O–H groups in total. The van der Waals surface area contributed by atoms with Crippen LogP contribution in [-0.4, -0.2) is 25.2 Å². The molecule has 1 rings (SSSR count). The number of carbonyl (C=O) groups excluding carboxylic acids is 2. The van der Waals surface area contributed by atoms with Crippen LogP contribution >= 0.6 is 15.9 Å². The molecule has 0 saturated carbocycles. The SMILES string of the molecule is NC(=O)OCCNC(=O)c1c(F)cc(Br)cc1F. The summed E-state index contributed by atoms with van der Waals surface area (Å²) in [5, 5.41) is 2.19. The van der Waals surface area contributed by atoms with Gasteiger partial charge in [-0.05, 0) is 12.1 Å². The topological polar surface area (TPSA) is 81.4 Å². The second kappa shape index (κ2) is 6.29. The van der Waals surface area contributed by atoms with Crippen LogP contribution in [0.4, 0.5) is 13.6 Å². The average molecular weight is 323 g/mol. The van der Waals surface area contributed by atoms with Crippen molar-refractivity contribution in [2.75, 3.05) is 13.2 Å². The van der Waals surface area contributed by atoms with Gasteiger partial charge in [0.1, 0.15) is 23.8 Å². The summed E-state index contributed by atoms with van der Waals surface area (Å²) in [6.07, 6.45) is -0.995. The summed E-state index contributed by atoms with van der Waals surface area (Å²) in [5.74, 6) is -2.92. The highest BCUT2D eigenvalue weighted by atomic mass is 79.9. The van der Waals surface area contributed by atoms with E-state index in [0.717, 1.165) is 12.1 Å². The predicted molar refractivity (Wildman–Crippen MR) is 61.9 cm³/mol. The first kappa shape index (κ1) is 14.4. The van der Waals surface area contributed by atoms with Crippen molar-refractivity contribution in [3.8, 4) is 0 Å². The Morgan fingerprint density at radius 1 is 1.33 bits per heavy atom. The maximum atomic E-state index is 13.4.